The lowest BCUT2D eigenvalue weighted by Gasteiger charge is -2.02. The Morgan fingerprint density at radius 2 is 1.11 bits per heavy atom. The first-order valence-corrected chi connectivity index (χ1v) is 6.51. The summed E-state index contributed by atoms with van der Waals surface area (Å²) in [7, 11) is 0. The van der Waals surface area contributed by atoms with Gasteiger partial charge in [0.15, 0.2) is 0 Å². The molecule has 0 heterocycles. The number of anilines is 1. The molecule has 0 aromatic heterocycles. The van der Waals surface area contributed by atoms with Gasteiger partial charge in [-0.2, -0.15) is 0 Å². The first kappa shape index (κ1) is 12.7. The Bertz CT molecular complexity index is 553. The molecule has 0 amide bonds. The Morgan fingerprint density at radius 3 is 1.61 bits per heavy atom. The van der Waals surface area contributed by atoms with Gasteiger partial charge in [0.1, 0.15) is 0 Å². The predicted molar refractivity (Wildman–Crippen MR) is 82.5 cm³/mol. The van der Waals surface area contributed by atoms with Gasteiger partial charge in [-0.15, -0.1) is 0 Å². The highest BCUT2D eigenvalue weighted by atomic mass is 79.9. The van der Waals surface area contributed by atoms with Crippen LogP contribution in [0.5, 0.6) is 0 Å². The fraction of sp³-hybridized carbons (Fsp3) is 0. The van der Waals surface area contributed by atoms with Crippen molar-refractivity contribution >= 4 is 32.4 Å². The van der Waals surface area contributed by atoms with Gasteiger partial charge >= 0.3 is 0 Å². The summed E-state index contributed by atoms with van der Waals surface area (Å²) in [6.45, 7) is 0. The number of hydrogen-bond donors (Lipinski definition) is 1. The maximum atomic E-state index is 5.80. The molecule has 0 unspecified atom stereocenters. The minimum Gasteiger partial charge on any atom is -0.398 e. The van der Waals surface area contributed by atoms with Crippen LogP contribution in [0.1, 0.15) is 0 Å². The highest BCUT2D eigenvalue weighted by Gasteiger charge is 1.99. The zero-order chi connectivity index (χ0) is 12.8. The Hall–Kier alpha value is -1.80. The van der Waals surface area contributed by atoms with Crippen molar-refractivity contribution in [3.8, 4) is 0 Å². The van der Waals surface area contributed by atoms with Crippen molar-refractivity contribution < 1.29 is 0 Å². The molecule has 0 aliphatic rings. The number of rotatable bonds is 0. The van der Waals surface area contributed by atoms with E-state index in [4.69, 9.17) is 5.73 Å². The first-order chi connectivity index (χ1) is 8.79. The average Bonchev–Trinajstić information content (AvgIpc) is 2.46. The number of hydrogen-bond acceptors (Lipinski definition) is 1. The van der Waals surface area contributed by atoms with Gasteiger partial charge in [-0.1, -0.05) is 76.6 Å². The van der Waals surface area contributed by atoms with Crippen molar-refractivity contribution in [2.24, 2.45) is 0 Å². The van der Waals surface area contributed by atoms with Crippen LogP contribution in [0, 0.1) is 0 Å². The van der Waals surface area contributed by atoms with Gasteiger partial charge in [0.05, 0.1) is 0 Å². The number of fused-ring (bicyclic) bond motifs is 1. The van der Waals surface area contributed by atoms with Crippen molar-refractivity contribution in [2.45, 2.75) is 0 Å². The standard InChI is InChI=1S/C10H8BrN.C6H6/c11-9-5-6-10(12)8-4-2-1-3-7(8)9;1-2-4-6-5-3-1/h1-6H,12H2;1-6H. The Labute approximate surface area is 115 Å². The third kappa shape index (κ3) is 3.11. The average molecular weight is 300 g/mol. The van der Waals surface area contributed by atoms with Gasteiger partial charge in [-0.3, -0.25) is 0 Å². The van der Waals surface area contributed by atoms with E-state index < -0.39 is 0 Å². The van der Waals surface area contributed by atoms with E-state index in [1.54, 1.807) is 0 Å². The molecule has 3 aromatic rings. The lowest BCUT2D eigenvalue weighted by molar-refractivity contribution is 1.69. The second-order valence-corrected chi connectivity index (χ2v) is 4.69. The van der Waals surface area contributed by atoms with E-state index in [2.05, 4.69) is 22.0 Å². The summed E-state index contributed by atoms with van der Waals surface area (Å²) in [4.78, 5) is 0. The summed E-state index contributed by atoms with van der Waals surface area (Å²) in [5, 5.41) is 2.27. The molecule has 18 heavy (non-hydrogen) atoms. The zero-order valence-electron chi connectivity index (χ0n) is 9.88. The summed E-state index contributed by atoms with van der Waals surface area (Å²) in [5.74, 6) is 0. The Balaban J connectivity index is 0.000000169. The maximum absolute atomic E-state index is 5.80. The Kier molecular flexibility index (Phi) is 4.37. The van der Waals surface area contributed by atoms with E-state index in [9.17, 15) is 0 Å². The minimum absolute atomic E-state index is 0.828. The molecule has 0 spiro atoms. The quantitative estimate of drug-likeness (QED) is 0.589. The van der Waals surface area contributed by atoms with E-state index in [1.165, 1.54) is 0 Å². The fourth-order valence-corrected chi connectivity index (χ4v) is 2.15. The monoisotopic (exact) mass is 299 g/mol. The van der Waals surface area contributed by atoms with Crippen LogP contribution in [0.25, 0.3) is 10.8 Å². The van der Waals surface area contributed by atoms with Crippen molar-refractivity contribution in [3.05, 3.63) is 77.3 Å². The predicted octanol–water partition coefficient (Wildman–Crippen LogP) is 4.87. The van der Waals surface area contributed by atoms with Crippen LogP contribution < -0.4 is 5.73 Å². The summed E-state index contributed by atoms with van der Waals surface area (Å²) in [5.41, 5.74) is 6.63. The van der Waals surface area contributed by atoms with Crippen LogP contribution in [0.4, 0.5) is 5.69 Å². The van der Waals surface area contributed by atoms with Crippen LogP contribution in [0.2, 0.25) is 0 Å². The van der Waals surface area contributed by atoms with E-state index >= 15 is 0 Å². The Morgan fingerprint density at radius 1 is 0.611 bits per heavy atom. The van der Waals surface area contributed by atoms with Crippen molar-refractivity contribution in [1.29, 1.82) is 0 Å². The molecule has 0 aliphatic carbocycles. The van der Waals surface area contributed by atoms with Crippen LogP contribution >= 0.6 is 15.9 Å². The summed E-state index contributed by atoms with van der Waals surface area (Å²) in [6, 6.07) is 24.0. The van der Waals surface area contributed by atoms with Gasteiger partial charge in [0.2, 0.25) is 0 Å². The van der Waals surface area contributed by atoms with Crippen LogP contribution in [-0.4, -0.2) is 0 Å². The highest BCUT2D eigenvalue weighted by Crippen LogP contribution is 2.27. The third-order valence-corrected chi connectivity index (χ3v) is 3.26. The molecule has 2 heteroatoms. The molecule has 1 nitrogen and oxygen atoms in total. The number of halogens is 1. The zero-order valence-corrected chi connectivity index (χ0v) is 11.5. The number of benzene rings is 3. The minimum atomic E-state index is 0.828. The summed E-state index contributed by atoms with van der Waals surface area (Å²) in [6.07, 6.45) is 0. The number of nitrogens with two attached hydrogens (primary N) is 1. The molecular formula is C16H14BrN. The van der Waals surface area contributed by atoms with Gasteiger partial charge < -0.3 is 5.73 Å². The lowest BCUT2D eigenvalue weighted by Crippen LogP contribution is -1.86. The topological polar surface area (TPSA) is 26.0 Å². The summed E-state index contributed by atoms with van der Waals surface area (Å²) >= 11 is 3.48. The van der Waals surface area contributed by atoms with Crippen molar-refractivity contribution in [2.75, 3.05) is 5.73 Å². The molecular weight excluding hydrogens is 286 g/mol. The van der Waals surface area contributed by atoms with E-state index in [0.29, 0.717) is 0 Å². The van der Waals surface area contributed by atoms with Crippen LogP contribution in [-0.2, 0) is 0 Å². The second-order valence-electron chi connectivity index (χ2n) is 3.84. The summed E-state index contributed by atoms with van der Waals surface area (Å²) < 4.78 is 1.09. The smallest absolute Gasteiger partial charge is 0.0394 e. The maximum Gasteiger partial charge on any atom is 0.0394 e. The largest absolute Gasteiger partial charge is 0.398 e. The SMILES string of the molecule is Nc1ccc(Br)c2ccccc12.c1ccccc1. The molecule has 0 fully saturated rings. The van der Waals surface area contributed by atoms with Gasteiger partial charge in [-0.25, -0.2) is 0 Å². The van der Waals surface area contributed by atoms with Crippen molar-refractivity contribution in [1.82, 2.24) is 0 Å². The second kappa shape index (κ2) is 6.22. The molecule has 0 saturated heterocycles. The molecule has 2 N–H and O–H groups in total. The number of nitrogen functional groups attached to an aromatic ring is 1. The van der Waals surface area contributed by atoms with Gasteiger partial charge in [0.25, 0.3) is 0 Å². The lowest BCUT2D eigenvalue weighted by atomic mass is 10.1. The van der Waals surface area contributed by atoms with E-state index in [1.807, 2.05) is 66.7 Å². The third-order valence-electron chi connectivity index (χ3n) is 2.57. The normalized spacial score (nSPS) is 9.61. The van der Waals surface area contributed by atoms with Crippen molar-refractivity contribution in [3.63, 3.8) is 0 Å². The molecule has 90 valence electrons. The molecule has 0 bridgehead atoms. The first-order valence-electron chi connectivity index (χ1n) is 5.72. The molecule has 0 atom stereocenters. The molecule has 0 saturated carbocycles. The van der Waals surface area contributed by atoms with E-state index in [-0.39, 0.29) is 0 Å². The van der Waals surface area contributed by atoms with Crippen LogP contribution in [0.15, 0.2) is 77.3 Å². The fourth-order valence-electron chi connectivity index (χ4n) is 1.67. The highest BCUT2D eigenvalue weighted by molar-refractivity contribution is 9.10. The molecule has 0 aliphatic heterocycles. The van der Waals surface area contributed by atoms with Gasteiger partial charge in [0, 0.05) is 15.5 Å². The molecule has 0 radical (unpaired) electrons. The van der Waals surface area contributed by atoms with E-state index in [0.717, 1.165) is 20.9 Å². The van der Waals surface area contributed by atoms with Gasteiger partial charge in [-0.05, 0) is 17.5 Å². The van der Waals surface area contributed by atoms with Crippen LogP contribution in [0.3, 0.4) is 0 Å². The molecule has 3 aromatic carbocycles. The molecule has 3 rings (SSSR count).